The molecule has 0 bridgehead atoms. The minimum Gasteiger partial charge on any atom is -0.508 e. The third-order valence-electron chi connectivity index (χ3n) is 6.01. The molecule has 0 aliphatic rings. The number of benzene rings is 1. The Morgan fingerprint density at radius 3 is 1.81 bits per heavy atom. The smallest absolute Gasteiger partial charge is 0.326 e. The predicted octanol–water partition coefficient (Wildman–Crippen LogP) is -1.70. The second kappa shape index (κ2) is 16.5. The van der Waals surface area contributed by atoms with Crippen molar-refractivity contribution in [3.63, 3.8) is 0 Å². The number of nitrogens with one attached hydrogen (secondary N) is 4. The number of rotatable bonds is 17. The molecule has 0 aliphatic heterocycles. The first-order valence-corrected chi connectivity index (χ1v) is 12.9. The minimum absolute atomic E-state index is 0.0312. The van der Waals surface area contributed by atoms with Crippen molar-refractivity contribution in [3.05, 3.63) is 29.8 Å². The fourth-order valence-corrected chi connectivity index (χ4v) is 3.59. The Balaban J connectivity index is 2.95. The number of amides is 4. The molecular weight excluding hydrogens is 558 g/mol. The van der Waals surface area contributed by atoms with Gasteiger partial charge in [0.15, 0.2) is 0 Å². The summed E-state index contributed by atoms with van der Waals surface area (Å²) >= 11 is 0. The molecule has 10 N–H and O–H groups in total. The number of carboxylic acid groups (broad SMARTS) is 3. The Morgan fingerprint density at radius 2 is 1.31 bits per heavy atom. The number of hydrogen-bond donors (Lipinski definition) is 9. The highest BCUT2D eigenvalue weighted by atomic mass is 16.4. The topological polar surface area (TPSA) is 275 Å². The molecule has 0 saturated heterocycles. The van der Waals surface area contributed by atoms with Crippen LogP contribution in [-0.2, 0) is 40.0 Å². The second-order valence-electron chi connectivity index (χ2n) is 9.93. The van der Waals surface area contributed by atoms with Crippen LogP contribution in [0.1, 0.15) is 45.6 Å². The maximum Gasteiger partial charge on any atom is 0.326 e. The van der Waals surface area contributed by atoms with Crippen molar-refractivity contribution in [1.82, 2.24) is 21.3 Å². The minimum atomic E-state index is -1.68. The number of aliphatic carboxylic acids is 3. The van der Waals surface area contributed by atoms with Gasteiger partial charge in [-0.25, -0.2) is 4.79 Å². The van der Waals surface area contributed by atoms with Gasteiger partial charge < -0.3 is 47.4 Å². The molecule has 0 radical (unpaired) electrons. The Morgan fingerprint density at radius 1 is 0.738 bits per heavy atom. The summed E-state index contributed by atoms with van der Waals surface area (Å²) < 4.78 is 0. The highest BCUT2D eigenvalue weighted by Crippen LogP contribution is 2.12. The molecule has 16 heteroatoms. The van der Waals surface area contributed by atoms with Gasteiger partial charge in [0.2, 0.25) is 23.6 Å². The van der Waals surface area contributed by atoms with Crippen molar-refractivity contribution in [2.45, 2.75) is 76.7 Å². The summed E-state index contributed by atoms with van der Waals surface area (Å²) in [5.41, 5.74) is 6.11. The molecule has 0 aliphatic carbocycles. The molecule has 0 aromatic heterocycles. The molecule has 5 atom stereocenters. The van der Waals surface area contributed by atoms with E-state index in [1.54, 1.807) is 13.8 Å². The van der Waals surface area contributed by atoms with Crippen LogP contribution in [0.4, 0.5) is 0 Å². The lowest BCUT2D eigenvalue weighted by molar-refractivity contribution is -0.143. The summed E-state index contributed by atoms with van der Waals surface area (Å²) in [5, 5.41) is 46.1. The lowest BCUT2D eigenvalue weighted by Gasteiger charge is -2.27. The number of phenolic OH excluding ortho intramolecular Hbond substituents is 1. The zero-order valence-corrected chi connectivity index (χ0v) is 23.3. The first-order valence-electron chi connectivity index (χ1n) is 12.9. The van der Waals surface area contributed by atoms with E-state index in [1.807, 2.05) is 0 Å². The first kappa shape index (κ1) is 35.3. The lowest BCUT2D eigenvalue weighted by atomic mass is 10.0. The van der Waals surface area contributed by atoms with Crippen molar-refractivity contribution in [1.29, 1.82) is 0 Å². The Kier molecular flexibility index (Phi) is 13.9. The molecule has 42 heavy (non-hydrogen) atoms. The van der Waals surface area contributed by atoms with Crippen LogP contribution in [0.25, 0.3) is 0 Å². The number of phenols is 1. The molecule has 1 aromatic carbocycles. The van der Waals surface area contributed by atoms with Gasteiger partial charge in [0, 0.05) is 12.8 Å². The van der Waals surface area contributed by atoms with Gasteiger partial charge in [-0.05, 0) is 37.0 Å². The largest absolute Gasteiger partial charge is 0.508 e. The van der Waals surface area contributed by atoms with Crippen LogP contribution in [0.3, 0.4) is 0 Å². The fraction of sp³-hybridized carbons (Fsp3) is 0.500. The Labute approximate surface area is 241 Å². The van der Waals surface area contributed by atoms with Crippen molar-refractivity contribution in [2.24, 2.45) is 11.7 Å². The van der Waals surface area contributed by atoms with E-state index in [9.17, 15) is 48.9 Å². The molecule has 1 rings (SSSR count). The van der Waals surface area contributed by atoms with E-state index in [1.165, 1.54) is 31.2 Å². The molecule has 0 saturated carbocycles. The number of hydrogen-bond acceptors (Lipinski definition) is 9. The molecule has 4 amide bonds. The van der Waals surface area contributed by atoms with Crippen molar-refractivity contribution >= 4 is 41.5 Å². The van der Waals surface area contributed by atoms with E-state index in [0.717, 1.165) is 0 Å². The van der Waals surface area contributed by atoms with Crippen molar-refractivity contribution in [2.75, 3.05) is 0 Å². The summed E-state index contributed by atoms with van der Waals surface area (Å²) in [5.74, 6) is -8.35. The molecule has 0 heterocycles. The summed E-state index contributed by atoms with van der Waals surface area (Å²) in [7, 11) is 0. The number of aromatic hydroxyl groups is 1. The number of nitrogens with two attached hydrogens (primary N) is 1. The molecule has 0 unspecified atom stereocenters. The van der Waals surface area contributed by atoms with Crippen LogP contribution in [0.2, 0.25) is 0 Å². The third kappa shape index (κ3) is 12.2. The zero-order valence-electron chi connectivity index (χ0n) is 23.3. The van der Waals surface area contributed by atoms with Gasteiger partial charge in [-0.3, -0.25) is 28.8 Å². The molecular formula is C26H37N5O11. The van der Waals surface area contributed by atoms with Crippen LogP contribution in [0.15, 0.2) is 24.3 Å². The van der Waals surface area contributed by atoms with Crippen LogP contribution < -0.4 is 27.0 Å². The number of carboxylic acids is 3. The van der Waals surface area contributed by atoms with Gasteiger partial charge in [0.1, 0.15) is 29.9 Å². The summed E-state index contributed by atoms with van der Waals surface area (Å²) in [6, 6.07) is -1.28. The lowest BCUT2D eigenvalue weighted by Crippen LogP contribution is -2.59. The zero-order chi connectivity index (χ0) is 32.1. The first-order chi connectivity index (χ1) is 19.5. The fourth-order valence-electron chi connectivity index (χ4n) is 3.59. The standard InChI is InChI=1S/C26H37N5O11/c1-12(2)21(25(40)30-18(26(41)42)10-14-4-6-15(32)7-5-14)31-24(39)17(11-20(35)36)29-22(37)13(3)28-23(38)16(27)8-9-19(33)34/h4-7,12-13,16-18,21,32H,8-11,27H2,1-3H3,(H,28,38)(H,29,37)(H,30,40)(H,31,39)(H,33,34)(H,35,36)(H,41,42)/t13-,16-,17-,18-,21-/m0/s1. The number of carbonyl (C=O) groups excluding carboxylic acids is 4. The quantitative estimate of drug-likeness (QED) is 0.0975. The Bertz CT molecular complexity index is 1160. The summed E-state index contributed by atoms with van der Waals surface area (Å²) in [6.45, 7) is 4.34. The highest BCUT2D eigenvalue weighted by molar-refractivity contribution is 5.96. The average Bonchev–Trinajstić information content (AvgIpc) is 2.89. The highest BCUT2D eigenvalue weighted by Gasteiger charge is 2.33. The molecule has 0 fully saturated rings. The van der Waals surface area contributed by atoms with Gasteiger partial charge in [-0.15, -0.1) is 0 Å². The van der Waals surface area contributed by atoms with Crippen LogP contribution in [-0.4, -0.2) is 92.2 Å². The Hall–Kier alpha value is -4.73. The van der Waals surface area contributed by atoms with E-state index in [2.05, 4.69) is 21.3 Å². The van der Waals surface area contributed by atoms with Crippen molar-refractivity contribution in [3.8, 4) is 5.75 Å². The van der Waals surface area contributed by atoms with Crippen LogP contribution in [0, 0.1) is 5.92 Å². The van der Waals surface area contributed by atoms with Crippen LogP contribution in [0.5, 0.6) is 5.75 Å². The van der Waals surface area contributed by atoms with E-state index in [-0.39, 0.29) is 25.0 Å². The SMILES string of the molecule is CC(C)[C@H](NC(=O)[C@H](CC(=O)O)NC(=O)[C@H](C)NC(=O)[C@@H](N)CCC(=O)O)C(=O)N[C@@H](Cc1ccc(O)cc1)C(=O)O. The second-order valence-corrected chi connectivity index (χ2v) is 9.93. The summed E-state index contributed by atoms with van der Waals surface area (Å²) in [4.78, 5) is 84.7. The van der Waals surface area contributed by atoms with E-state index in [0.29, 0.717) is 5.56 Å². The van der Waals surface area contributed by atoms with E-state index in [4.69, 9.17) is 10.8 Å². The van der Waals surface area contributed by atoms with Gasteiger partial charge in [-0.1, -0.05) is 26.0 Å². The number of carbonyl (C=O) groups is 7. The third-order valence-corrected chi connectivity index (χ3v) is 6.01. The van der Waals surface area contributed by atoms with E-state index >= 15 is 0 Å². The van der Waals surface area contributed by atoms with Gasteiger partial charge in [0.05, 0.1) is 12.5 Å². The van der Waals surface area contributed by atoms with Gasteiger partial charge in [0.25, 0.3) is 0 Å². The van der Waals surface area contributed by atoms with Crippen molar-refractivity contribution < 1.29 is 54.0 Å². The average molecular weight is 596 g/mol. The molecule has 232 valence electrons. The molecule has 16 nitrogen and oxygen atoms in total. The molecule has 1 aromatic rings. The van der Waals surface area contributed by atoms with Crippen LogP contribution >= 0.6 is 0 Å². The maximum absolute atomic E-state index is 13.0. The normalized spacial score (nSPS) is 14.4. The van der Waals surface area contributed by atoms with Gasteiger partial charge >= 0.3 is 17.9 Å². The molecule has 0 spiro atoms. The maximum atomic E-state index is 13.0. The van der Waals surface area contributed by atoms with E-state index < -0.39 is 84.1 Å². The monoisotopic (exact) mass is 595 g/mol. The predicted molar refractivity (Wildman–Crippen MR) is 145 cm³/mol. The van der Waals surface area contributed by atoms with Gasteiger partial charge in [-0.2, -0.15) is 0 Å². The summed E-state index contributed by atoms with van der Waals surface area (Å²) in [6.07, 6.45) is -1.61.